The molecule has 0 amide bonds. The number of Topliss-reactive ketones (excluding diaryl/α,β-unsaturated/α-hetero) is 1. The molecule has 3 nitrogen and oxygen atoms in total. The zero-order valence-electron chi connectivity index (χ0n) is 8.87. The standard InChI is InChI=1S/C11H16O3/c1-4-14-10(13)11(3)7-5-6-8(2)9(11)12/h5-6,8H,4,7H2,1-3H3. The number of hydrogen-bond donors (Lipinski definition) is 0. The van der Waals surface area contributed by atoms with Crippen molar-refractivity contribution in [3.05, 3.63) is 12.2 Å². The fourth-order valence-corrected chi connectivity index (χ4v) is 1.67. The van der Waals surface area contributed by atoms with Crippen molar-refractivity contribution in [3.63, 3.8) is 0 Å². The molecule has 1 aliphatic rings. The number of ketones is 1. The first-order valence-electron chi connectivity index (χ1n) is 4.90. The molecular formula is C11H16O3. The molecule has 0 spiro atoms. The second-order valence-corrected chi connectivity index (χ2v) is 3.84. The van der Waals surface area contributed by atoms with Crippen LogP contribution >= 0.6 is 0 Å². The number of rotatable bonds is 2. The van der Waals surface area contributed by atoms with Gasteiger partial charge in [0.15, 0.2) is 5.78 Å². The van der Waals surface area contributed by atoms with Crippen molar-refractivity contribution < 1.29 is 14.3 Å². The second-order valence-electron chi connectivity index (χ2n) is 3.84. The number of ether oxygens (including phenoxy) is 1. The average Bonchev–Trinajstić information content (AvgIpc) is 2.14. The largest absolute Gasteiger partial charge is 0.465 e. The van der Waals surface area contributed by atoms with Gasteiger partial charge in [0.25, 0.3) is 0 Å². The topological polar surface area (TPSA) is 43.4 Å². The maximum Gasteiger partial charge on any atom is 0.319 e. The highest BCUT2D eigenvalue weighted by molar-refractivity contribution is 6.05. The van der Waals surface area contributed by atoms with Crippen molar-refractivity contribution in [2.75, 3.05) is 6.61 Å². The first-order valence-corrected chi connectivity index (χ1v) is 4.90. The Hall–Kier alpha value is -1.12. The van der Waals surface area contributed by atoms with Crippen molar-refractivity contribution in [2.24, 2.45) is 11.3 Å². The molecular weight excluding hydrogens is 180 g/mol. The predicted octanol–water partition coefficient (Wildman–Crippen LogP) is 1.72. The van der Waals surface area contributed by atoms with Crippen LogP contribution in [0.5, 0.6) is 0 Å². The van der Waals surface area contributed by atoms with Gasteiger partial charge in [0.05, 0.1) is 6.61 Å². The highest BCUT2D eigenvalue weighted by Gasteiger charge is 2.44. The summed E-state index contributed by atoms with van der Waals surface area (Å²) in [6.07, 6.45) is 4.17. The molecule has 0 fully saturated rings. The van der Waals surface area contributed by atoms with Crippen molar-refractivity contribution in [3.8, 4) is 0 Å². The van der Waals surface area contributed by atoms with Gasteiger partial charge in [0, 0.05) is 5.92 Å². The molecule has 0 aromatic rings. The summed E-state index contributed by atoms with van der Waals surface area (Å²) in [7, 11) is 0. The molecule has 0 radical (unpaired) electrons. The number of carbonyl (C=O) groups is 2. The normalized spacial score (nSPS) is 31.6. The van der Waals surface area contributed by atoms with E-state index in [4.69, 9.17) is 4.74 Å². The molecule has 1 rings (SSSR count). The Kier molecular flexibility index (Phi) is 3.09. The van der Waals surface area contributed by atoms with E-state index in [-0.39, 0.29) is 11.7 Å². The molecule has 0 saturated carbocycles. The second kappa shape index (κ2) is 3.95. The molecule has 0 bridgehead atoms. The van der Waals surface area contributed by atoms with Crippen molar-refractivity contribution >= 4 is 11.8 Å². The lowest BCUT2D eigenvalue weighted by atomic mass is 9.74. The number of carbonyl (C=O) groups excluding carboxylic acids is 2. The third kappa shape index (κ3) is 1.72. The fraction of sp³-hybridized carbons (Fsp3) is 0.636. The van der Waals surface area contributed by atoms with Gasteiger partial charge in [-0.2, -0.15) is 0 Å². The van der Waals surface area contributed by atoms with Crippen LogP contribution in [0.4, 0.5) is 0 Å². The van der Waals surface area contributed by atoms with Gasteiger partial charge in [-0.1, -0.05) is 19.1 Å². The summed E-state index contributed by atoms with van der Waals surface area (Å²) in [5.74, 6) is -0.627. The third-order valence-corrected chi connectivity index (χ3v) is 2.63. The molecule has 2 atom stereocenters. The quantitative estimate of drug-likeness (QED) is 0.383. The SMILES string of the molecule is CCOC(=O)C1(C)CC=CC(C)C1=O. The average molecular weight is 196 g/mol. The van der Waals surface area contributed by atoms with E-state index in [1.807, 2.05) is 12.2 Å². The van der Waals surface area contributed by atoms with E-state index in [1.54, 1.807) is 20.8 Å². The zero-order valence-corrected chi connectivity index (χ0v) is 8.87. The highest BCUT2D eigenvalue weighted by Crippen LogP contribution is 2.32. The van der Waals surface area contributed by atoms with E-state index >= 15 is 0 Å². The Bertz CT molecular complexity index is 280. The van der Waals surface area contributed by atoms with Crippen LogP contribution in [0.3, 0.4) is 0 Å². The van der Waals surface area contributed by atoms with Crippen LogP contribution in [-0.2, 0) is 14.3 Å². The van der Waals surface area contributed by atoms with Crippen LogP contribution in [0.1, 0.15) is 27.2 Å². The van der Waals surface area contributed by atoms with Gasteiger partial charge in [-0.3, -0.25) is 9.59 Å². The van der Waals surface area contributed by atoms with Gasteiger partial charge >= 0.3 is 5.97 Å². The van der Waals surface area contributed by atoms with Crippen LogP contribution < -0.4 is 0 Å². The van der Waals surface area contributed by atoms with Crippen molar-refractivity contribution in [2.45, 2.75) is 27.2 Å². The van der Waals surface area contributed by atoms with E-state index in [9.17, 15) is 9.59 Å². The van der Waals surface area contributed by atoms with Gasteiger partial charge < -0.3 is 4.74 Å². The minimum absolute atomic E-state index is 0.0431. The summed E-state index contributed by atoms with van der Waals surface area (Å²) in [6.45, 7) is 5.52. The molecule has 0 aromatic heterocycles. The van der Waals surface area contributed by atoms with E-state index in [0.717, 1.165) is 0 Å². The lowest BCUT2D eigenvalue weighted by molar-refractivity contribution is -0.160. The summed E-state index contributed by atoms with van der Waals surface area (Å²) >= 11 is 0. The molecule has 0 N–H and O–H groups in total. The van der Waals surface area contributed by atoms with E-state index < -0.39 is 11.4 Å². The minimum Gasteiger partial charge on any atom is -0.465 e. The van der Waals surface area contributed by atoms with Crippen LogP contribution in [0, 0.1) is 11.3 Å². The minimum atomic E-state index is -0.968. The number of allylic oxidation sites excluding steroid dienone is 2. The molecule has 0 heterocycles. The smallest absolute Gasteiger partial charge is 0.319 e. The maximum absolute atomic E-state index is 11.8. The molecule has 1 aliphatic carbocycles. The summed E-state index contributed by atoms with van der Waals surface area (Å²) in [4.78, 5) is 23.4. The van der Waals surface area contributed by atoms with E-state index in [1.165, 1.54) is 0 Å². The molecule has 0 saturated heterocycles. The first kappa shape index (κ1) is 11.0. The summed E-state index contributed by atoms with van der Waals surface area (Å²) in [5.41, 5.74) is -0.968. The van der Waals surface area contributed by atoms with Gasteiger partial charge in [0.1, 0.15) is 5.41 Å². The Balaban J connectivity index is 2.88. The highest BCUT2D eigenvalue weighted by atomic mass is 16.5. The van der Waals surface area contributed by atoms with E-state index in [0.29, 0.717) is 13.0 Å². The maximum atomic E-state index is 11.8. The van der Waals surface area contributed by atoms with Crippen LogP contribution in [0.2, 0.25) is 0 Å². The van der Waals surface area contributed by atoms with Gasteiger partial charge in [-0.25, -0.2) is 0 Å². The fourth-order valence-electron chi connectivity index (χ4n) is 1.67. The monoisotopic (exact) mass is 196 g/mol. The molecule has 0 aliphatic heterocycles. The van der Waals surface area contributed by atoms with Crippen LogP contribution in [-0.4, -0.2) is 18.4 Å². The summed E-state index contributed by atoms with van der Waals surface area (Å²) in [5, 5.41) is 0. The lowest BCUT2D eigenvalue weighted by Crippen LogP contribution is -2.42. The van der Waals surface area contributed by atoms with Crippen molar-refractivity contribution in [1.29, 1.82) is 0 Å². The molecule has 14 heavy (non-hydrogen) atoms. The van der Waals surface area contributed by atoms with Gasteiger partial charge in [-0.15, -0.1) is 0 Å². The summed E-state index contributed by atoms with van der Waals surface area (Å²) < 4.78 is 4.91. The molecule has 2 unspecified atom stereocenters. The lowest BCUT2D eigenvalue weighted by Gasteiger charge is -2.29. The van der Waals surface area contributed by atoms with Crippen LogP contribution in [0.15, 0.2) is 12.2 Å². The van der Waals surface area contributed by atoms with Gasteiger partial charge in [0.2, 0.25) is 0 Å². The third-order valence-electron chi connectivity index (χ3n) is 2.63. The number of esters is 1. The molecule has 3 heteroatoms. The van der Waals surface area contributed by atoms with E-state index in [2.05, 4.69) is 0 Å². The number of hydrogen-bond acceptors (Lipinski definition) is 3. The Labute approximate surface area is 84.1 Å². The van der Waals surface area contributed by atoms with Crippen LogP contribution in [0.25, 0.3) is 0 Å². The van der Waals surface area contributed by atoms with Gasteiger partial charge in [-0.05, 0) is 20.3 Å². The molecule has 78 valence electrons. The Morgan fingerprint density at radius 1 is 1.71 bits per heavy atom. The Morgan fingerprint density at radius 2 is 2.36 bits per heavy atom. The Morgan fingerprint density at radius 3 is 2.93 bits per heavy atom. The molecule has 0 aromatic carbocycles. The zero-order chi connectivity index (χ0) is 10.8. The predicted molar refractivity (Wildman–Crippen MR) is 52.7 cm³/mol. The first-order chi connectivity index (χ1) is 6.52. The summed E-state index contributed by atoms with van der Waals surface area (Å²) in [6, 6.07) is 0. The van der Waals surface area contributed by atoms with Crippen molar-refractivity contribution in [1.82, 2.24) is 0 Å².